The van der Waals surface area contributed by atoms with Crippen molar-refractivity contribution in [1.29, 1.82) is 0 Å². The number of benzene rings is 3. The van der Waals surface area contributed by atoms with E-state index in [-0.39, 0.29) is 17.1 Å². The molecule has 3 aromatic rings. The Morgan fingerprint density at radius 1 is 0.857 bits per heavy atom. The van der Waals surface area contributed by atoms with Gasteiger partial charge in [0.25, 0.3) is 0 Å². The third-order valence-corrected chi connectivity index (χ3v) is 6.90. The SMILES string of the molecule is O=C1CCCC2=C1[C@H](c1ccc(OC(=O)c3ccc(F)cc3)cc1)[C@H]1C(=O)c3ccccc3C1=N2. The van der Waals surface area contributed by atoms with E-state index in [2.05, 4.69) is 0 Å². The number of nitrogens with zero attached hydrogens (tertiary/aromatic N) is 1. The van der Waals surface area contributed by atoms with Gasteiger partial charge in [0, 0.05) is 34.7 Å². The van der Waals surface area contributed by atoms with Gasteiger partial charge in [-0.25, -0.2) is 9.18 Å². The highest BCUT2D eigenvalue weighted by atomic mass is 19.1. The van der Waals surface area contributed by atoms with Gasteiger partial charge < -0.3 is 4.74 Å². The van der Waals surface area contributed by atoms with Crippen LogP contribution in [0.3, 0.4) is 0 Å². The van der Waals surface area contributed by atoms with E-state index in [0.29, 0.717) is 29.7 Å². The molecule has 1 heterocycles. The summed E-state index contributed by atoms with van der Waals surface area (Å²) >= 11 is 0. The minimum Gasteiger partial charge on any atom is -0.423 e. The maximum atomic E-state index is 13.5. The highest BCUT2D eigenvalue weighted by Crippen LogP contribution is 2.48. The predicted molar refractivity (Wildman–Crippen MR) is 127 cm³/mol. The van der Waals surface area contributed by atoms with Crippen LogP contribution in [-0.2, 0) is 4.79 Å². The van der Waals surface area contributed by atoms with Gasteiger partial charge in [0.2, 0.25) is 0 Å². The average Bonchev–Trinajstić information content (AvgIpc) is 3.16. The molecule has 0 radical (unpaired) electrons. The molecule has 0 amide bonds. The van der Waals surface area contributed by atoms with E-state index in [1.807, 2.05) is 24.3 Å². The maximum Gasteiger partial charge on any atom is 0.343 e. The van der Waals surface area contributed by atoms with Crippen molar-refractivity contribution in [2.24, 2.45) is 10.9 Å². The van der Waals surface area contributed by atoms with Gasteiger partial charge in [-0.1, -0.05) is 36.4 Å². The number of carbonyl (C=O) groups is 3. The monoisotopic (exact) mass is 465 g/mol. The Hall–Kier alpha value is -4.19. The second-order valence-corrected chi connectivity index (χ2v) is 8.96. The molecule has 35 heavy (non-hydrogen) atoms. The number of esters is 1. The van der Waals surface area contributed by atoms with E-state index in [9.17, 15) is 18.8 Å². The zero-order valence-corrected chi connectivity index (χ0v) is 18.7. The van der Waals surface area contributed by atoms with Crippen LogP contribution in [-0.4, -0.2) is 23.2 Å². The number of hydrogen-bond donors (Lipinski definition) is 0. The van der Waals surface area contributed by atoms with Gasteiger partial charge >= 0.3 is 5.97 Å². The summed E-state index contributed by atoms with van der Waals surface area (Å²) in [5.74, 6) is -1.70. The van der Waals surface area contributed by atoms with Crippen LogP contribution >= 0.6 is 0 Å². The van der Waals surface area contributed by atoms with Crippen molar-refractivity contribution in [2.45, 2.75) is 25.2 Å². The molecule has 0 aromatic heterocycles. The van der Waals surface area contributed by atoms with Crippen LogP contribution in [0.2, 0.25) is 0 Å². The lowest BCUT2D eigenvalue weighted by Crippen LogP contribution is -2.33. The fourth-order valence-corrected chi connectivity index (χ4v) is 5.30. The van der Waals surface area contributed by atoms with Crippen molar-refractivity contribution in [1.82, 2.24) is 0 Å². The Morgan fingerprint density at radius 2 is 1.57 bits per heavy atom. The molecule has 5 nitrogen and oxygen atoms in total. The van der Waals surface area contributed by atoms with Crippen molar-refractivity contribution in [3.63, 3.8) is 0 Å². The highest BCUT2D eigenvalue weighted by molar-refractivity contribution is 6.30. The molecule has 0 spiro atoms. The number of aliphatic imine (C=N–C) groups is 1. The molecular weight excluding hydrogens is 445 g/mol. The molecule has 0 N–H and O–H groups in total. The summed E-state index contributed by atoms with van der Waals surface area (Å²) in [6, 6.07) is 19.5. The number of hydrogen-bond acceptors (Lipinski definition) is 5. The Kier molecular flexibility index (Phi) is 5.02. The number of ether oxygens (including phenoxy) is 1. The summed E-state index contributed by atoms with van der Waals surface area (Å²) in [5.41, 5.74) is 4.64. The Morgan fingerprint density at radius 3 is 2.31 bits per heavy atom. The topological polar surface area (TPSA) is 72.8 Å². The molecule has 6 rings (SSSR count). The zero-order chi connectivity index (χ0) is 24.1. The van der Waals surface area contributed by atoms with Crippen molar-refractivity contribution in [2.75, 3.05) is 0 Å². The summed E-state index contributed by atoms with van der Waals surface area (Å²) in [4.78, 5) is 43.8. The standard InChI is InChI=1S/C29H20FNO4/c30-18-12-8-17(9-13-18)29(34)35-19-14-10-16(11-15-19)24-25-22(6-3-7-23(25)32)31-27-20-4-1-2-5-21(20)28(33)26(24)27/h1-2,4-5,8-15,24,26H,3,6-7H2/t24-,26+/m0/s1. The lowest BCUT2D eigenvalue weighted by atomic mass is 9.71. The zero-order valence-electron chi connectivity index (χ0n) is 18.7. The number of carbonyl (C=O) groups excluding carboxylic acids is 3. The number of halogens is 1. The normalized spacial score (nSPS) is 20.7. The summed E-state index contributed by atoms with van der Waals surface area (Å²) in [6.45, 7) is 0. The third kappa shape index (κ3) is 3.53. The molecule has 3 aliphatic rings. The molecule has 2 atom stereocenters. The van der Waals surface area contributed by atoms with Crippen LogP contribution in [0.4, 0.5) is 4.39 Å². The number of allylic oxidation sites excluding steroid dienone is 2. The Bertz CT molecular complexity index is 1450. The van der Waals surface area contributed by atoms with E-state index in [1.54, 1.807) is 24.3 Å². The van der Waals surface area contributed by atoms with Crippen molar-refractivity contribution in [3.8, 4) is 5.75 Å². The second-order valence-electron chi connectivity index (χ2n) is 8.96. The molecule has 6 heteroatoms. The van der Waals surface area contributed by atoms with E-state index in [4.69, 9.17) is 9.73 Å². The van der Waals surface area contributed by atoms with Crippen LogP contribution in [0.1, 0.15) is 57.0 Å². The van der Waals surface area contributed by atoms with Crippen LogP contribution in [0, 0.1) is 11.7 Å². The largest absolute Gasteiger partial charge is 0.423 e. The summed E-state index contributed by atoms with van der Waals surface area (Å²) in [6.07, 6.45) is 1.90. The lowest BCUT2D eigenvalue weighted by molar-refractivity contribution is -0.116. The van der Waals surface area contributed by atoms with Gasteiger partial charge in [-0.3, -0.25) is 14.6 Å². The molecule has 172 valence electrons. The summed E-state index contributed by atoms with van der Waals surface area (Å²) in [7, 11) is 0. The van der Waals surface area contributed by atoms with Gasteiger partial charge in [0.15, 0.2) is 11.6 Å². The molecule has 1 aliphatic heterocycles. The smallest absolute Gasteiger partial charge is 0.343 e. The Labute approximate surface area is 201 Å². The molecule has 0 unspecified atom stereocenters. The number of rotatable bonds is 3. The van der Waals surface area contributed by atoms with Gasteiger partial charge in [0.05, 0.1) is 17.2 Å². The molecule has 0 saturated heterocycles. The quantitative estimate of drug-likeness (QED) is 0.381. The van der Waals surface area contributed by atoms with E-state index in [0.717, 1.165) is 29.0 Å². The maximum absolute atomic E-state index is 13.5. The molecule has 0 saturated carbocycles. The van der Waals surface area contributed by atoms with Gasteiger partial charge in [-0.2, -0.15) is 0 Å². The number of fused-ring (bicyclic) bond motifs is 3. The van der Waals surface area contributed by atoms with Crippen LogP contribution in [0.5, 0.6) is 5.75 Å². The highest BCUT2D eigenvalue weighted by Gasteiger charge is 2.48. The van der Waals surface area contributed by atoms with Crippen LogP contribution in [0.25, 0.3) is 0 Å². The minimum atomic E-state index is -0.598. The predicted octanol–water partition coefficient (Wildman–Crippen LogP) is 5.45. The first-order chi connectivity index (χ1) is 17.0. The van der Waals surface area contributed by atoms with E-state index >= 15 is 0 Å². The molecule has 0 fully saturated rings. The van der Waals surface area contributed by atoms with Crippen LogP contribution in [0.15, 0.2) is 89.1 Å². The first-order valence-corrected chi connectivity index (χ1v) is 11.6. The first kappa shape index (κ1) is 21.4. The number of Topliss-reactive ketones (excluding diaryl/α,β-unsaturated/α-hetero) is 2. The van der Waals surface area contributed by atoms with Crippen molar-refractivity contribution in [3.05, 3.63) is 112 Å². The fraction of sp³-hybridized carbons (Fsp3) is 0.172. The molecular formula is C29H20FNO4. The molecule has 3 aromatic carbocycles. The average molecular weight is 465 g/mol. The van der Waals surface area contributed by atoms with Gasteiger partial charge in [0.1, 0.15) is 11.6 Å². The minimum absolute atomic E-state index is 0.0268. The van der Waals surface area contributed by atoms with Gasteiger partial charge in [-0.05, 0) is 54.8 Å². The molecule has 2 aliphatic carbocycles. The van der Waals surface area contributed by atoms with Crippen molar-refractivity contribution < 1.29 is 23.5 Å². The fourth-order valence-electron chi connectivity index (χ4n) is 5.30. The Balaban J connectivity index is 1.36. The number of ketones is 2. The summed E-state index contributed by atoms with van der Waals surface area (Å²) < 4.78 is 18.6. The van der Waals surface area contributed by atoms with E-state index in [1.165, 1.54) is 24.3 Å². The first-order valence-electron chi connectivity index (χ1n) is 11.6. The van der Waals surface area contributed by atoms with Gasteiger partial charge in [-0.15, -0.1) is 0 Å². The van der Waals surface area contributed by atoms with E-state index < -0.39 is 23.6 Å². The summed E-state index contributed by atoms with van der Waals surface area (Å²) in [5, 5.41) is 0. The molecule has 0 bridgehead atoms. The third-order valence-electron chi connectivity index (χ3n) is 6.90. The van der Waals surface area contributed by atoms with Crippen molar-refractivity contribution >= 4 is 23.2 Å². The lowest BCUT2D eigenvalue weighted by Gasteiger charge is -2.33. The van der Waals surface area contributed by atoms with Crippen LogP contribution < -0.4 is 4.74 Å². The second kappa shape index (κ2) is 8.24.